The van der Waals surface area contributed by atoms with Crippen LogP contribution in [0.25, 0.3) is 27.7 Å². The Balaban J connectivity index is 1.84. The number of benzene rings is 3. The lowest BCUT2D eigenvalue weighted by Crippen LogP contribution is -2.03. The Morgan fingerprint density at radius 1 is 0.871 bits per heavy atom. The fraction of sp³-hybridized carbons (Fsp3) is 0.310. The Morgan fingerprint density at radius 3 is 2.35 bits per heavy atom. The van der Waals surface area contributed by atoms with Crippen molar-refractivity contribution in [2.75, 3.05) is 0 Å². The van der Waals surface area contributed by atoms with Crippen LogP contribution in [0.3, 0.4) is 0 Å². The lowest BCUT2D eigenvalue weighted by Gasteiger charge is -2.18. The molecule has 1 aliphatic rings. The van der Waals surface area contributed by atoms with Crippen LogP contribution in [-0.4, -0.2) is 9.67 Å². The van der Waals surface area contributed by atoms with Gasteiger partial charge in [0.1, 0.15) is 5.75 Å². The quantitative estimate of drug-likeness (QED) is 0.373. The molecule has 0 aliphatic heterocycles. The van der Waals surface area contributed by atoms with Crippen LogP contribution < -0.4 is 0 Å². The van der Waals surface area contributed by atoms with Crippen LogP contribution in [-0.2, 0) is 19.3 Å². The molecular formula is C29H31NO. The van der Waals surface area contributed by atoms with Gasteiger partial charge in [0.2, 0.25) is 0 Å². The zero-order valence-corrected chi connectivity index (χ0v) is 18.8. The Labute approximate surface area is 185 Å². The summed E-state index contributed by atoms with van der Waals surface area (Å²) in [5.74, 6) is 0.912. The van der Waals surface area contributed by atoms with Gasteiger partial charge < -0.3 is 9.67 Å². The van der Waals surface area contributed by atoms with Crippen molar-refractivity contribution >= 4 is 10.8 Å². The summed E-state index contributed by atoms with van der Waals surface area (Å²) in [6.45, 7) is 6.79. The molecule has 0 fully saturated rings. The van der Waals surface area contributed by atoms with Gasteiger partial charge >= 0.3 is 0 Å². The van der Waals surface area contributed by atoms with E-state index in [9.17, 15) is 5.11 Å². The Morgan fingerprint density at radius 2 is 1.61 bits per heavy atom. The van der Waals surface area contributed by atoms with Crippen molar-refractivity contribution in [1.29, 1.82) is 0 Å². The summed E-state index contributed by atoms with van der Waals surface area (Å²) in [7, 11) is 0. The maximum absolute atomic E-state index is 10.4. The normalized spacial score (nSPS) is 13.7. The van der Waals surface area contributed by atoms with Crippen LogP contribution in [0.15, 0.2) is 60.7 Å². The molecule has 4 aromatic rings. The average Bonchev–Trinajstić information content (AvgIpc) is 3.06. The second-order valence-electron chi connectivity index (χ2n) is 9.37. The van der Waals surface area contributed by atoms with Gasteiger partial charge in [0, 0.05) is 11.1 Å². The van der Waals surface area contributed by atoms with Crippen molar-refractivity contribution in [3.8, 4) is 22.7 Å². The first-order valence-corrected chi connectivity index (χ1v) is 11.6. The number of rotatable bonds is 4. The van der Waals surface area contributed by atoms with E-state index in [1.54, 1.807) is 0 Å². The Kier molecular flexibility index (Phi) is 5.09. The Bertz CT molecular complexity index is 1250. The zero-order valence-electron chi connectivity index (χ0n) is 18.8. The van der Waals surface area contributed by atoms with Crippen molar-refractivity contribution in [2.24, 2.45) is 5.92 Å². The minimum absolute atomic E-state index is 0.325. The molecule has 31 heavy (non-hydrogen) atoms. The molecule has 0 spiro atoms. The number of aromatic nitrogens is 1. The molecule has 1 N–H and O–H groups in total. The summed E-state index contributed by atoms with van der Waals surface area (Å²) in [4.78, 5) is 0. The van der Waals surface area contributed by atoms with Gasteiger partial charge in [0.15, 0.2) is 0 Å². The molecule has 1 aliphatic carbocycles. The topological polar surface area (TPSA) is 25.2 Å². The van der Waals surface area contributed by atoms with Gasteiger partial charge in [-0.15, -0.1) is 0 Å². The molecule has 0 unspecified atom stereocenters. The van der Waals surface area contributed by atoms with E-state index in [-0.39, 0.29) is 0 Å². The van der Waals surface area contributed by atoms with Gasteiger partial charge in [-0.1, -0.05) is 56.3 Å². The molecule has 2 heteroatoms. The van der Waals surface area contributed by atoms with E-state index in [2.05, 4.69) is 73.9 Å². The molecular weight excluding hydrogens is 378 g/mol. The maximum Gasteiger partial charge on any atom is 0.116 e. The smallest absolute Gasteiger partial charge is 0.116 e. The number of phenolic OH excluding ortho intramolecular Hbond substituents is 1. The van der Waals surface area contributed by atoms with Gasteiger partial charge in [-0.2, -0.15) is 0 Å². The average molecular weight is 410 g/mol. The molecule has 0 atom stereocenters. The molecule has 3 aromatic carbocycles. The van der Waals surface area contributed by atoms with Crippen molar-refractivity contribution < 1.29 is 5.11 Å². The lowest BCUT2D eigenvalue weighted by atomic mass is 9.91. The van der Waals surface area contributed by atoms with Crippen LogP contribution in [0.2, 0.25) is 0 Å². The molecule has 158 valence electrons. The second kappa shape index (κ2) is 7.92. The number of hydrogen-bond donors (Lipinski definition) is 1. The number of aromatic hydroxyl groups is 1. The molecule has 0 saturated carbocycles. The monoisotopic (exact) mass is 409 g/mol. The highest BCUT2D eigenvalue weighted by atomic mass is 16.3. The predicted octanol–water partition coefficient (Wildman–Crippen LogP) is 7.39. The fourth-order valence-corrected chi connectivity index (χ4v) is 5.40. The van der Waals surface area contributed by atoms with Crippen LogP contribution in [0, 0.1) is 12.8 Å². The van der Waals surface area contributed by atoms with Crippen LogP contribution in [0.5, 0.6) is 5.75 Å². The molecule has 2 nitrogen and oxygen atoms in total. The van der Waals surface area contributed by atoms with Crippen molar-refractivity contribution in [3.05, 3.63) is 83.0 Å². The van der Waals surface area contributed by atoms with Crippen molar-refractivity contribution in [2.45, 2.75) is 52.9 Å². The van der Waals surface area contributed by atoms with Crippen LogP contribution in [0.4, 0.5) is 0 Å². The minimum atomic E-state index is 0.325. The van der Waals surface area contributed by atoms with Crippen LogP contribution >= 0.6 is 0 Å². The van der Waals surface area contributed by atoms with Crippen molar-refractivity contribution in [1.82, 2.24) is 4.57 Å². The molecule has 0 amide bonds. The number of fused-ring (bicyclic) bond motifs is 2. The molecule has 0 bridgehead atoms. The highest BCUT2D eigenvalue weighted by Crippen LogP contribution is 2.41. The van der Waals surface area contributed by atoms with Gasteiger partial charge in [0.25, 0.3) is 0 Å². The first-order valence-electron chi connectivity index (χ1n) is 11.6. The largest absolute Gasteiger partial charge is 0.508 e. The van der Waals surface area contributed by atoms with E-state index in [0.29, 0.717) is 11.7 Å². The van der Waals surface area contributed by atoms with E-state index in [1.807, 2.05) is 12.1 Å². The predicted molar refractivity (Wildman–Crippen MR) is 130 cm³/mol. The maximum atomic E-state index is 10.4. The van der Waals surface area contributed by atoms with Gasteiger partial charge in [-0.3, -0.25) is 0 Å². The highest BCUT2D eigenvalue weighted by Gasteiger charge is 2.25. The number of nitrogens with zero attached hydrogens (tertiary/aromatic N) is 1. The summed E-state index contributed by atoms with van der Waals surface area (Å²) in [6.07, 6.45) is 5.85. The second-order valence-corrected chi connectivity index (χ2v) is 9.37. The summed E-state index contributed by atoms with van der Waals surface area (Å²) < 4.78 is 2.46. The molecule has 1 aromatic heterocycles. The third-order valence-corrected chi connectivity index (χ3v) is 6.73. The third kappa shape index (κ3) is 3.44. The van der Waals surface area contributed by atoms with E-state index >= 15 is 0 Å². The van der Waals surface area contributed by atoms with E-state index < -0.39 is 0 Å². The molecule has 1 heterocycles. The van der Waals surface area contributed by atoms with Gasteiger partial charge in [-0.05, 0) is 90.8 Å². The molecule has 0 saturated heterocycles. The van der Waals surface area contributed by atoms with E-state index in [1.165, 1.54) is 57.6 Å². The van der Waals surface area contributed by atoms with Gasteiger partial charge in [0.05, 0.1) is 11.4 Å². The summed E-state index contributed by atoms with van der Waals surface area (Å²) in [5, 5.41) is 12.8. The minimum Gasteiger partial charge on any atom is -0.508 e. The first kappa shape index (κ1) is 19.9. The van der Waals surface area contributed by atoms with E-state index in [0.717, 1.165) is 24.6 Å². The SMILES string of the molecule is Cc1c2c(c(-c3ccccc3)n1-c1ccc(CC(C)C)c3ccc(O)cc13)CCCC2. The first-order chi connectivity index (χ1) is 15.0. The van der Waals surface area contributed by atoms with Crippen LogP contribution in [0.1, 0.15) is 49.1 Å². The summed E-state index contributed by atoms with van der Waals surface area (Å²) >= 11 is 0. The summed E-state index contributed by atoms with van der Waals surface area (Å²) in [5.41, 5.74) is 9.49. The summed E-state index contributed by atoms with van der Waals surface area (Å²) in [6, 6.07) is 21.2. The third-order valence-electron chi connectivity index (χ3n) is 6.73. The number of phenols is 1. The highest BCUT2D eigenvalue weighted by molar-refractivity contribution is 5.95. The van der Waals surface area contributed by atoms with Gasteiger partial charge in [-0.25, -0.2) is 0 Å². The van der Waals surface area contributed by atoms with E-state index in [4.69, 9.17) is 0 Å². The molecule has 0 radical (unpaired) electrons. The molecule has 5 rings (SSSR count). The van der Waals surface area contributed by atoms with Crippen molar-refractivity contribution in [3.63, 3.8) is 0 Å². The number of hydrogen-bond acceptors (Lipinski definition) is 1. The fourth-order valence-electron chi connectivity index (χ4n) is 5.40. The lowest BCUT2D eigenvalue weighted by molar-refractivity contribution is 0.476. The zero-order chi connectivity index (χ0) is 21.5. The Hall–Kier alpha value is -3.00. The standard InChI is InChI=1S/C29H31NO/c1-19(2)17-22-13-16-28(27-18-23(31)14-15-25(22)27)30-20(3)24-11-7-8-12-26(24)29(30)21-9-5-4-6-10-21/h4-6,9-10,13-16,18-19,31H,7-8,11-12,17H2,1-3H3.